The number of aliphatic hydroxyl groups excluding tert-OH is 1. The number of piperidine rings is 1. The van der Waals surface area contributed by atoms with Gasteiger partial charge in [-0.05, 0) is 84.2 Å². The zero-order valence-electron chi connectivity index (χ0n) is 20.1. The second kappa shape index (κ2) is 8.85. The maximum Gasteiger partial charge on any atom is 0.410 e. The molecular formula is C22H44N2O4Si. The van der Waals surface area contributed by atoms with Crippen molar-refractivity contribution in [2.75, 3.05) is 26.7 Å². The fourth-order valence-electron chi connectivity index (χ4n) is 4.04. The lowest BCUT2D eigenvalue weighted by atomic mass is 9.86. The number of nitrogens with zero attached hydrogens (tertiary/aromatic N) is 2. The Bertz CT molecular complexity index is 562. The maximum absolute atomic E-state index is 13.0. The standard InChI is InChI=1S/C22H44N2O4Si/c1-21(2,3)27-20(26)24-15-17(28-29(8,9)22(4,5)6)14-18(24)19(25)16-10-12-23(7)13-11-16/h16-19,25H,10-15H2,1-9H3/t17?,18-,19?/m0/s1. The summed E-state index contributed by atoms with van der Waals surface area (Å²) >= 11 is 0. The SMILES string of the molecule is CN1CCC(C(O)[C@@H]2CC(O[Si](C)(C)C(C)(C)C)CN2C(=O)OC(C)(C)C)CC1. The predicted octanol–water partition coefficient (Wildman–Crippen LogP) is 4.09. The van der Waals surface area contributed by atoms with Gasteiger partial charge in [0.2, 0.25) is 0 Å². The van der Waals surface area contributed by atoms with Crippen molar-refractivity contribution in [1.82, 2.24) is 9.80 Å². The Balaban J connectivity index is 2.17. The lowest BCUT2D eigenvalue weighted by molar-refractivity contribution is -0.0166. The van der Waals surface area contributed by atoms with Crippen molar-refractivity contribution in [3.05, 3.63) is 0 Å². The molecule has 0 radical (unpaired) electrons. The molecule has 2 aliphatic rings. The Morgan fingerprint density at radius 1 is 1.10 bits per heavy atom. The Morgan fingerprint density at radius 2 is 1.66 bits per heavy atom. The largest absolute Gasteiger partial charge is 0.444 e. The Labute approximate surface area is 179 Å². The van der Waals surface area contributed by atoms with Crippen molar-refractivity contribution < 1.29 is 19.1 Å². The van der Waals surface area contributed by atoms with Gasteiger partial charge in [-0.3, -0.25) is 4.90 Å². The number of rotatable bonds is 4. The first-order valence-corrected chi connectivity index (χ1v) is 14.1. The van der Waals surface area contributed by atoms with Crippen LogP contribution in [0.3, 0.4) is 0 Å². The van der Waals surface area contributed by atoms with E-state index in [0.717, 1.165) is 25.9 Å². The third kappa shape index (κ3) is 6.42. The summed E-state index contributed by atoms with van der Waals surface area (Å²) < 4.78 is 12.3. The topological polar surface area (TPSA) is 62.2 Å². The molecule has 2 unspecified atom stereocenters. The van der Waals surface area contributed by atoms with Gasteiger partial charge in [0.05, 0.1) is 18.2 Å². The average molecular weight is 429 g/mol. The lowest BCUT2D eigenvalue weighted by Crippen LogP contribution is -2.49. The Morgan fingerprint density at radius 3 is 2.14 bits per heavy atom. The molecule has 2 aliphatic heterocycles. The van der Waals surface area contributed by atoms with Gasteiger partial charge in [0.25, 0.3) is 0 Å². The molecular weight excluding hydrogens is 384 g/mol. The van der Waals surface area contributed by atoms with Crippen molar-refractivity contribution in [3.8, 4) is 0 Å². The minimum atomic E-state index is -1.96. The quantitative estimate of drug-likeness (QED) is 0.683. The highest BCUT2D eigenvalue weighted by Crippen LogP contribution is 2.40. The lowest BCUT2D eigenvalue weighted by Gasteiger charge is -2.38. The molecule has 2 fully saturated rings. The van der Waals surface area contributed by atoms with E-state index < -0.39 is 20.0 Å². The van der Waals surface area contributed by atoms with E-state index in [9.17, 15) is 9.90 Å². The van der Waals surface area contributed by atoms with Crippen LogP contribution >= 0.6 is 0 Å². The third-order valence-electron chi connectivity index (χ3n) is 6.84. The smallest absolute Gasteiger partial charge is 0.410 e. The van der Waals surface area contributed by atoms with E-state index in [-0.39, 0.29) is 29.2 Å². The summed E-state index contributed by atoms with van der Waals surface area (Å²) in [5.74, 6) is 0.216. The van der Waals surface area contributed by atoms with Gasteiger partial charge in [0, 0.05) is 6.54 Å². The zero-order chi connectivity index (χ0) is 22.2. The van der Waals surface area contributed by atoms with Gasteiger partial charge in [-0.15, -0.1) is 0 Å². The fraction of sp³-hybridized carbons (Fsp3) is 0.955. The van der Waals surface area contributed by atoms with E-state index in [4.69, 9.17) is 9.16 Å². The average Bonchev–Trinajstić information content (AvgIpc) is 2.95. The van der Waals surface area contributed by atoms with Gasteiger partial charge in [-0.25, -0.2) is 4.79 Å². The van der Waals surface area contributed by atoms with Crippen molar-refractivity contribution in [2.45, 2.75) is 103 Å². The zero-order valence-corrected chi connectivity index (χ0v) is 21.1. The number of amides is 1. The van der Waals surface area contributed by atoms with Crippen LogP contribution in [0.5, 0.6) is 0 Å². The molecule has 2 rings (SSSR count). The molecule has 2 heterocycles. The number of carbonyl (C=O) groups is 1. The highest BCUT2D eigenvalue weighted by molar-refractivity contribution is 6.74. The molecule has 0 aromatic carbocycles. The third-order valence-corrected chi connectivity index (χ3v) is 11.4. The number of hydrogen-bond acceptors (Lipinski definition) is 5. The van der Waals surface area contributed by atoms with Crippen molar-refractivity contribution in [1.29, 1.82) is 0 Å². The Kier molecular flexibility index (Phi) is 7.52. The van der Waals surface area contributed by atoms with E-state index in [2.05, 4.69) is 45.8 Å². The van der Waals surface area contributed by atoms with E-state index in [0.29, 0.717) is 13.0 Å². The van der Waals surface area contributed by atoms with Crippen LogP contribution in [0.4, 0.5) is 4.79 Å². The van der Waals surface area contributed by atoms with Crippen LogP contribution in [0.1, 0.15) is 60.8 Å². The number of ether oxygens (including phenoxy) is 1. The van der Waals surface area contributed by atoms with Crippen LogP contribution in [0.2, 0.25) is 18.1 Å². The van der Waals surface area contributed by atoms with Crippen LogP contribution in [0.25, 0.3) is 0 Å². The first-order valence-electron chi connectivity index (χ1n) is 11.1. The van der Waals surface area contributed by atoms with E-state index in [1.165, 1.54) is 0 Å². The summed E-state index contributed by atoms with van der Waals surface area (Å²) in [6, 6.07) is -0.243. The van der Waals surface area contributed by atoms with Gasteiger partial charge in [-0.2, -0.15) is 0 Å². The highest BCUT2D eigenvalue weighted by Gasteiger charge is 2.47. The molecule has 1 N–H and O–H groups in total. The summed E-state index contributed by atoms with van der Waals surface area (Å²) in [5, 5.41) is 11.3. The monoisotopic (exact) mass is 428 g/mol. The molecule has 7 heteroatoms. The van der Waals surface area contributed by atoms with Crippen LogP contribution < -0.4 is 0 Å². The molecule has 0 spiro atoms. The molecule has 0 aromatic heterocycles. The molecule has 6 nitrogen and oxygen atoms in total. The van der Waals surface area contributed by atoms with Crippen LogP contribution in [0, 0.1) is 5.92 Å². The molecule has 0 aliphatic carbocycles. The summed E-state index contributed by atoms with van der Waals surface area (Å²) in [4.78, 5) is 17.0. The van der Waals surface area contributed by atoms with Crippen LogP contribution in [0.15, 0.2) is 0 Å². The first-order chi connectivity index (χ1) is 13.1. The Hall–Kier alpha value is -0.633. The van der Waals surface area contributed by atoms with E-state index >= 15 is 0 Å². The number of hydrogen-bond donors (Lipinski definition) is 1. The summed E-state index contributed by atoms with van der Waals surface area (Å²) in [6.45, 7) is 19.3. The van der Waals surface area contributed by atoms with Gasteiger partial charge < -0.3 is 19.2 Å². The molecule has 29 heavy (non-hydrogen) atoms. The molecule has 3 atom stereocenters. The molecule has 1 amide bonds. The molecule has 0 bridgehead atoms. The molecule has 0 aromatic rings. The predicted molar refractivity (Wildman–Crippen MR) is 120 cm³/mol. The number of likely N-dealkylation sites (tertiary alicyclic amines) is 2. The summed E-state index contributed by atoms with van der Waals surface area (Å²) in [6.07, 6.45) is 1.68. The van der Waals surface area contributed by atoms with E-state index in [1.807, 2.05) is 20.8 Å². The molecule has 170 valence electrons. The minimum absolute atomic E-state index is 0.0469. The molecule has 2 saturated heterocycles. The van der Waals surface area contributed by atoms with Gasteiger partial charge >= 0.3 is 6.09 Å². The van der Waals surface area contributed by atoms with Crippen molar-refractivity contribution in [3.63, 3.8) is 0 Å². The van der Waals surface area contributed by atoms with Gasteiger partial charge in [0.1, 0.15) is 5.60 Å². The number of carbonyl (C=O) groups excluding carboxylic acids is 1. The van der Waals surface area contributed by atoms with Crippen LogP contribution in [-0.4, -0.2) is 79.8 Å². The minimum Gasteiger partial charge on any atom is -0.444 e. The normalized spacial score (nSPS) is 26.6. The summed E-state index contributed by atoms with van der Waals surface area (Å²) in [7, 11) is 0.158. The second-order valence-electron chi connectivity index (χ2n) is 11.6. The molecule has 0 saturated carbocycles. The van der Waals surface area contributed by atoms with Crippen LogP contribution in [-0.2, 0) is 9.16 Å². The van der Waals surface area contributed by atoms with Gasteiger partial charge in [0.15, 0.2) is 8.32 Å². The number of aliphatic hydroxyl groups is 1. The maximum atomic E-state index is 13.0. The highest BCUT2D eigenvalue weighted by atomic mass is 28.4. The fourth-order valence-corrected chi connectivity index (χ4v) is 5.40. The van der Waals surface area contributed by atoms with Crippen molar-refractivity contribution >= 4 is 14.4 Å². The first kappa shape index (κ1) is 24.6. The van der Waals surface area contributed by atoms with Crippen molar-refractivity contribution in [2.24, 2.45) is 5.92 Å². The second-order valence-corrected chi connectivity index (χ2v) is 16.3. The van der Waals surface area contributed by atoms with Gasteiger partial charge in [-0.1, -0.05) is 20.8 Å². The summed E-state index contributed by atoms with van der Waals surface area (Å²) in [5.41, 5.74) is -0.557. The van der Waals surface area contributed by atoms with E-state index in [1.54, 1.807) is 4.90 Å².